The number of imide groups is 1. The van der Waals surface area contributed by atoms with Gasteiger partial charge in [-0.05, 0) is 118 Å². The molecule has 6 aromatic rings. The van der Waals surface area contributed by atoms with Crippen molar-refractivity contribution in [2.75, 3.05) is 42.9 Å². The Morgan fingerprint density at radius 3 is 2.40 bits per heavy atom. The van der Waals surface area contributed by atoms with Crippen molar-refractivity contribution in [2.24, 2.45) is 0 Å². The summed E-state index contributed by atoms with van der Waals surface area (Å²) in [4.78, 5) is 59.5. The van der Waals surface area contributed by atoms with Gasteiger partial charge in [0.05, 0.1) is 18.2 Å². The number of pyridine rings is 1. The van der Waals surface area contributed by atoms with Gasteiger partial charge in [0.15, 0.2) is 17.0 Å². The number of aliphatic hydroxyl groups is 1. The summed E-state index contributed by atoms with van der Waals surface area (Å²) in [6, 6.07) is 17.0. The molecule has 5 aliphatic rings. The van der Waals surface area contributed by atoms with Crippen LogP contribution >= 0.6 is 0 Å². The minimum atomic E-state index is -1.91. The number of allylic oxidation sites excluding steroid dienone is 1. The van der Waals surface area contributed by atoms with Crippen molar-refractivity contribution in [2.45, 2.75) is 108 Å². The average Bonchev–Trinajstić information content (AvgIpc) is 4.02. The molecular formula is C49H53F2N11O5. The van der Waals surface area contributed by atoms with Crippen molar-refractivity contribution in [1.82, 2.24) is 44.6 Å². The number of aromatic nitrogens is 6. The Balaban J connectivity index is 0.704. The molecule has 2 aromatic carbocycles. The number of nitrogens with zero attached hydrogens (tertiary/aromatic N) is 9. The molecule has 1 unspecified atom stereocenters. The van der Waals surface area contributed by atoms with Crippen LogP contribution in [0.25, 0.3) is 27.8 Å². The molecule has 2 amide bonds. The van der Waals surface area contributed by atoms with E-state index in [0.717, 1.165) is 104 Å². The molecular weight excluding hydrogens is 861 g/mol. The van der Waals surface area contributed by atoms with E-state index in [1.807, 2.05) is 31.2 Å². The number of halogens is 2. The van der Waals surface area contributed by atoms with Gasteiger partial charge in [0.25, 0.3) is 11.6 Å². The molecule has 3 N–H and O–H groups in total. The number of benzene rings is 2. The summed E-state index contributed by atoms with van der Waals surface area (Å²) in [5.74, 6) is -0.481. The third kappa shape index (κ3) is 7.97. The number of fused-ring (bicyclic) bond motifs is 5. The molecule has 11 rings (SSSR count). The molecule has 0 spiro atoms. The van der Waals surface area contributed by atoms with E-state index in [9.17, 15) is 28.3 Å². The second kappa shape index (κ2) is 17.4. The van der Waals surface area contributed by atoms with Crippen LogP contribution < -0.4 is 21.1 Å². The highest BCUT2D eigenvalue weighted by Gasteiger charge is 2.38. The average molecular weight is 914 g/mol. The van der Waals surface area contributed by atoms with Crippen molar-refractivity contribution >= 4 is 51.1 Å². The molecule has 0 saturated carbocycles. The SMILES string of the molecule is CC[C@@]1(O)CCc2ccc(-n3c4nc(Nc5ccc(N6CCC(N7CCC(N8CCc9c(ccc%10c(C%11CCC(=O)NC%11=O)noc9%10)C8)CC7)CC6)cc5)ncc4c(=O)n3CC=C(F)F)nc21. The summed E-state index contributed by atoms with van der Waals surface area (Å²) in [6.45, 7) is 7.42. The highest BCUT2D eigenvalue weighted by atomic mass is 19.3. The van der Waals surface area contributed by atoms with Crippen LogP contribution in [0.5, 0.6) is 0 Å². The van der Waals surface area contributed by atoms with Crippen LogP contribution in [0.1, 0.15) is 92.3 Å². The molecule has 1 aliphatic carbocycles. The maximum Gasteiger partial charge on any atom is 0.278 e. The first kappa shape index (κ1) is 43.2. The first-order valence-corrected chi connectivity index (χ1v) is 23.6. The monoisotopic (exact) mass is 913 g/mol. The summed E-state index contributed by atoms with van der Waals surface area (Å²) in [6.07, 6.45) is 7.92. The third-order valence-electron chi connectivity index (χ3n) is 15.1. The van der Waals surface area contributed by atoms with Crippen LogP contribution in [0.4, 0.5) is 26.1 Å². The molecule has 4 aromatic heterocycles. The second-order valence-corrected chi connectivity index (χ2v) is 18.7. The summed E-state index contributed by atoms with van der Waals surface area (Å²) in [5.41, 5.74) is 5.75. The lowest BCUT2D eigenvalue weighted by molar-refractivity contribution is -0.134. The van der Waals surface area contributed by atoms with Crippen molar-refractivity contribution in [3.05, 3.63) is 105 Å². The molecule has 0 bridgehead atoms. The van der Waals surface area contributed by atoms with Crippen molar-refractivity contribution in [3.8, 4) is 5.82 Å². The number of likely N-dealkylation sites (tertiary alicyclic amines) is 1. The zero-order chi connectivity index (χ0) is 46.0. The van der Waals surface area contributed by atoms with E-state index in [0.29, 0.717) is 67.5 Å². The number of anilines is 3. The van der Waals surface area contributed by atoms with Gasteiger partial charge in [-0.15, -0.1) is 0 Å². The topological polar surface area (TPSA) is 180 Å². The quantitative estimate of drug-likeness (QED) is 0.133. The first-order chi connectivity index (χ1) is 32.5. The number of piperidine rings is 3. The van der Waals surface area contributed by atoms with Crippen molar-refractivity contribution in [1.29, 1.82) is 0 Å². The van der Waals surface area contributed by atoms with Crippen molar-refractivity contribution in [3.63, 3.8) is 0 Å². The van der Waals surface area contributed by atoms with E-state index in [1.54, 1.807) is 6.07 Å². The number of hydrogen-bond acceptors (Lipinski definition) is 13. The number of nitrogens with one attached hydrogen (secondary N) is 2. The number of carbonyl (C=O) groups excluding carboxylic acids is 2. The van der Waals surface area contributed by atoms with Gasteiger partial charge in [-0.25, -0.2) is 19.3 Å². The van der Waals surface area contributed by atoms with E-state index in [-0.39, 0.29) is 28.8 Å². The summed E-state index contributed by atoms with van der Waals surface area (Å²) >= 11 is 0. The fraction of sp³-hybridized carbons (Fsp3) is 0.449. The maximum atomic E-state index is 13.6. The number of carbonyl (C=O) groups is 2. The number of aryl methyl sites for hydroxylation is 1. The molecule has 3 fully saturated rings. The van der Waals surface area contributed by atoms with Crippen LogP contribution in [-0.2, 0) is 41.1 Å². The van der Waals surface area contributed by atoms with Gasteiger partial charge in [0, 0.05) is 79.3 Å². The lowest BCUT2D eigenvalue weighted by atomic mass is 9.89. The Bertz CT molecular complexity index is 2980. The molecule has 16 nitrogen and oxygen atoms in total. The van der Waals surface area contributed by atoms with Crippen LogP contribution in [0.15, 0.2) is 76.2 Å². The zero-order valence-electron chi connectivity index (χ0n) is 37.4. The Morgan fingerprint density at radius 1 is 0.881 bits per heavy atom. The Labute approximate surface area is 384 Å². The highest BCUT2D eigenvalue weighted by Crippen LogP contribution is 2.39. The van der Waals surface area contributed by atoms with E-state index in [4.69, 9.17) is 14.5 Å². The predicted octanol–water partition coefficient (Wildman–Crippen LogP) is 6.20. The van der Waals surface area contributed by atoms with Crippen LogP contribution in [0.2, 0.25) is 0 Å². The zero-order valence-corrected chi connectivity index (χ0v) is 37.4. The summed E-state index contributed by atoms with van der Waals surface area (Å²) in [7, 11) is 0. The smallest absolute Gasteiger partial charge is 0.278 e. The van der Waals surface area contributed by atoms with E-state index in [2.05, 4.69) is 53.7 Å². The Morgan fingerprint density at radius 2 is 1.64 bits per heavy atom. The Hall–Kier alpha value is -6.37. The number of amides is 2. The Kier molecular flexibility index (Phi) is 11.2. The van der Waals surface area contributed by atoms with Gasteiger partial charge in [-0.2, -0.15) is 13.8 Å². The van der Waals surface area contributed by atoms with E-state index >= 15 is 0 Å². The van der Waals surface area contributed by atoms with Gasteiger partial charge in [-0.1, -0.05) is 24.2 Å². The standard InChI is InChI=1S/C49H53F2N11O5/c1-2-49(66)20-13-29-4-11-40(54-44(29)49)62-45-38(47(65)61(62)26-19-39(50)51)27-52-48(56-45)53-31-5-7-32(8-6-31)58-21-14-33(15-22-58)59-23-16-34(17-24-59)60-25-18-35-30(28-60)3-9-36-42(57-67-43(35)36)37-10-12-41(63)55-46(37)64/h3-9,11,19,27,33-34,37,66H,2,10,12-18,20-26,28H2,1H3,(H,52,53,56)(H,55,63,64)/t37?,49-/m1/s1. The molecule has 18 heteroatoms. The van der Waals surface area contributed by atoms with Gasteiger partial charge in [0.2, 0.25) is 17.8 Å². The molecule has 348 valence electrons. The molecule has 2 atom stereocenters. The van der Waals surface area contributed by atoms with Gasteiger partial charge < -0.3 is 24.7 Å². The van der Waals surface area contributed by atoms with E-state index < -0.39 is 29.7 Å². The normalized spacial score (nSPS) is 22.0. The van der Waals surface area contributed by atoms with Crippen LogP contribution in [0, 0.1) is 0 Å². The molecule has 4 aliphatic heterocycles. The molecule has 8 heterocycles. The molecule has 3 saturated heterocycles. The van der Waals surface area contributed by atoms with Crippen LogP contribution in [0.3, 0.4) is 0 Å². The number of hydrogen-bond donors (Lipinski definition) is 3. The molecule has 67 heavy (non-hydrogen) atoms. The molecule has 0 radical (unpaired) electrons. The maximum absolute atomic E-state index is 13.6. The fourth-order valence-corrected chi connectivity index (χ4v) is 11.2. The lowest BCUT2D eigenvalue weighted by Gasteiger charge is -2.45. The number of rotatable bonds is 10. The van der Waals surface area contributed by atoms with Gasteiger partial charge in [-0.3, -0.25) is 24.6 Å². The van der Waals surface area contributed by atoms with Gasteiger partial charge in [0.1, 0.15) is 16.7 Å². The summed E-state index contributed by atoms with van der Waals surface area (Å²) < 4.78 is 35.1. The lowest BCUT2D eigenvalue weighted by Crippen LogP contribution is -2.51. The highest BCUT2D eigenvalue weighted by molar-refractivity contribution is 6.02. The minimum absolute atomic E-state index is 0.155. The largest absolute Gasteiger partial charge is 0.384 e. The minimum Gasteiger partial charge on any atom is -0.384 e. The summed E-state index contributed by atoms with van der Waals surface area (Å²) in [5, 5.41) is 22.3. The third-order valence-corrected chi connectivity index (χ3v) is 15.1. The predicted molar refractivity (Wildman–Crippen MR) is 247 cm³/mol. The van der Waals surface area contributed by atoms with Gasteiger partial charge >= 0.3 is 0 Å². The van der Waals surface area contributed by atoms with Crippen molar-refractivity contribution < 1.29 is 28.0 Å². The second-order valence-electron chi connectivity index (χ2n) is 18.7. The van der Waals surface area contributed by atoms with E-state index in [1.165, 1.54) is 22.0 Å². The first-order valence-electron chi connectivity index (χ1n) is 23.6. The van der Waals surface area contributed by atoms with Crippen LogP contribution in [-0.4, -0.2) is 101 Å². The fourth-order valence-electron chi connectivity index (χ4n) is 11.2.